The Labute approximate surface area is 138 Å². The van der Waals surface area contributed by atoms with E-state index in [0.29, 0.717) is 10.8 Å². The fraction of sp³-hybridized carbons (Fsp3) is 0.368. The molecule has 0 heterocycles. The number of hydrogen-bond donors (Lipinski definition) is 1. The second-order valence-corrected chi connectivity index (χ2v) is 8.48. The van der Waals surface area contributed by atoms with Crippen molar-refractivity contribution in [2.24, 2.45) is 0 Å². The highest BCUT2D eigenvalue weighted by atomic mass is 32.2. The Morgan fingerprint density at radius 1 is 1.13 bits per heavy atom. The minimum absolute atomic E-state index is 0.140. The molecule has 0 aromatic heterocycles. The smallest absolute Gasteiger partial charge is 0.178 e. The summed E-state index contributed by atoms with van der Waals surface area (Å²) in [5, 5.41) is 3.56. The molecule has 0 unspecified atom stereocenters. The summed E-state index contributed by atoms with van der Waals surface area (Å²) in [4.78, 5) is 0.406. The number of nitrogens with one attached hydrogen (secondary N) is 1. The van der Waals surface area contributed by atoms with E-state index < -0.39 is 9.84 Å². The van der Waals surface area contributed by atoms with Crippen molar-refractivity contribution >= 4 is 9.84 Å². The Bertz CT molecular complexity index is 781. The molecule has 4 heteroatoms. The topological polar surface area (TPSA) is 46.2 Å². The van der Waals surface area contributed by atoms with Gasteiger partial charge >= 0.3 is 0 Å². The zero-order valence-electron chi connectivity index (χ0n) is 13.6. The highest BCUT2D eigenvalue weighted by molar-refractivity contribution is 7.91. The second-order valence-electron chi connectivity index (χ2n) is 6.20. The van der Waals surface area contributed by atoms with E-state index >= 15 is 0 Å². The Kier molecular flexibility index (Phi) is 4.55. The summed E-state index contributed by atoms with van der Waals surface area (Å²) in [7, 11) is -3.12. The Morgan fingerprint density at radius 2 is 1.83 bits per heavy atom. The van der Waals surface area contributed by atoms with E-state index in [0.717, 1.165) is 18.5 Å². The Morgan fingerprint density at radius 3 is 2.48 bits per heavy atom. The number of hydrogen-bond acceptors (Lipinski definition) is 3. The minimum atomic E-state index is -3.12. The molecule has 3 rings (SSSR count). The molecule has 2 atom stereocenters. The van der Waals surface area contributed by atoms with Gasteiger partial charge in [-0.05, 0) is 42.2 Å². The van der Waals surface area contributed by atoms with Crippen molar-refractivity contribution in [2.45, 2.75) is 37.1 Å². The van der Waals surface area contributed by atoms with Gasteiger partial charge in [0.05, 0.1) is 10.6 Å². The summed E-state index contributed by atoms with van der Waals surface area (Å²) >= 11 is 0. The molecule has 0 fully saturated rings. The van der Waals surface area contributed by atoms with Crippen LogP contribution in [-0.2, 0) is 16.3 Å². The van der Waals surface area contributed by atoms with Crippen LogP contribution in [0.4, 0.5) is 0 Å². The minimum Gasteiger partial charge on any atom is -0.310 e. The molecule has 1 aliphatic carbocycles. The van der Waals surface area contributed by atoms with Gasteiger partial charge in [0, 0.05) is 18.5 Å². The molecule has 122 valence electrons. The first-order valence-electron chi connectivity index (χ1n) is 8.15. The zero-order chi connectivity index (χ0) is 16.4. The SMILES string of the molecule is CCS(=O)(=O)c1ccc([C@@H](C)NC[C@H]2Cc3ccccc32)cc1. The maximum atomic E-state index is 11.8. The van der Waals surface area contributed by atoms with E-state index in [1.54, 1.807) is 19.1 Å². The average Bonchev–Trinajstić information content (AvgIpc) is 2.55. The van der Waals surface area contributed by atoms with E-state index in [-0.39, 0.29) is 11.8 Å². The van der Waals surface area contributed by atoms with Gasteiger partial charge in [-0.1, -0.05) is 43.3 Å². The van der Waals surface area contributed by atoms with Crippen molar-refractivity contribution in [2.75, 3.05) is 12.3 Å². The molecule has 0 saturated heterocycles. The molecule has 0 aliphatic heterocycles. The van der Waals surface area contributed by atoms with Crippen LogP contribution >= 0.6 is 0 Å². The molecule has 0 spiro atoms. The summed E-state index contributed by atoms with van der Waals surface area (Å²) in [5.74, 6) is 0.731. The Hall–Kier alpha value is -1.65. The quantitative estimate of drug-likeness (QED) is 0.883. The third-order valence-corrected chi connectivity index (χ3v) is 6.50. The predicted molar refractivity (Wildman–Crippen MR) is 93.5 cm³/mol. The number of sulfone groups is 1. The van der Waals surface area contributed by atoms with Crippen LogP contribution in [0.25, 0.3) is 0 Å². The highest BCUT2D eigenvalue weighted by Gasteiger charge is 2.25. The largest absolute Gasteiger partial charge is 0.310 e. The standard InChI is InChI=1S/C19H23NO2S/c1-3-23(21,22)18-10-8-15(9-11-18)14(2)20-13-17-12-16-6-4-5-7-19(16)17/h4-11,14,17,20H,3,12-13H2,1-2H3/t14-,17-/m1/s1. The molecular weight excluding hydrogens is 306 g/mol. The second kappa shape index (κ2) is 6.46. The molecule has 1 aliphatic rings. The maximum Gasteiger partial charge on any atom is 0.178 e. The monoisotopic (exact) mass is 329 g/mol. The first-order valence-corrected chi connectivity index (χ1v) is 9.80. The van der Waals surface area contributed by atoms with Crippen LogP contribution in [0.5, 0.6) is 0 Å². The molecule has 0 amide bonds. The summed E-state index contributed by atoms with van der Waals surface area (Å²) in [6, 6.07) is 16.1. The highest BCUT2D eigenvalue weighted by Crippen LogP contribution is 2.34. The van der Waals surface area contributed by atoms with Crippen LogP contribution in [0.2, 0.25) is 0 Å². The van der Waals surface area contributed by atoms with Gasteiger partial charge in [0.2, 0.25) is 0 Å². The lowest BCUT2D eigenvalue weighted by Gasteiger charge is -2.31. The lowest BCUT2D eigenvalue weighted by molar-refractivity contribution is 0.489. The van der Waals surface area contributed by atoms with Gasteiger partial charge in [0.1, 0.15) is 0 Å². The zero-order valence-corrected chi connectivity index (χ0v) is 14.4. The number of benzene rings is 2. The third-order valence-electron chi connectivity index (χ3n) is 4.75. The Balaban J connectivity index is 1.60. The lowest BCUT2D eigenvalue weighted by atomic mass is 9.77. The normalized spacial score (nSPS) is 18.1. The molecule has 2 aromatic rings. The van der Waals surface area contributed by atoms with E-state index in [1.807, 2.05) is 12.1 Å². The van der Waals surface area contributed by atoms with Crippen LogP contribution in [0.1, 0.15) is 42.5 Å². The van der Waals surface area contributed by atoms with Crippen LogP contribution in [0.3, 0.4) is 0 Å². The lowest BCUT2D eigenvalue weighted by Crippen LogP contribution is -2.30. The van der Waals surface area contributed by atoms with Gasteiger partial charge in [0.25, 0.3) is 0 Å². The maximum absolute atomic E-state index is 11.8. The van der Waals surface area contributed by atoms with Crippen LogP contribution in [-0.4, -0.2) is 20.7 Å². The molecule has 0 saturated carbocycles. The van der Waals surface area contributed by atoms with Gasteiger partial charge in [-0.2, -0.15) is 0 Å². The molecule has 2 aromatic carbocycles. The van der Waals surface area contributed by atoms with E-state index in [2.05, 4.69) is 36.5 Å². The molecule has 3 nitrogen and oxygen atoms in total. The molecular formula is C19H23NO2S. The van der Waals surface area contributed by atoms with Crippen LogP contribution < -0.4 is 5.32 Å². The fourth-order valence-corrected chi connectivity index (χ4v) is 4.00. The van der Waals surface area contributed by atoms with Gasteiger partial charge in [-0.25, -0.2) is 8.42 Å². The predicted octanol–water partition coefficient (Wildman–Crippen LogP) is 3.47. The first-order chi connectivity index (χ1) is 11.0. The van der Waals surface area contributed by atoms with Crippen LogP contribution in [0.15, 0.2) is 53.4 Å². The van der Waals surface area contributed by atoms with E-state index in [1.165, 1.54) is 11.1 Å². The number of fused-ring (bicyclic) bond motifs is 1. The first kappa shape index (κ1) is 16.2. The summed E-state index contributed by atoms with van der Waals surface area (Å²) in [5.41, 5.74) is 4.03. The molecule has 0 radical (unpaired) electrons. The third kappa shape index (κ3) is 3.33. The van der Waals surface area contributed by atoms with Crippen molar-refractivity contribution in [3.8, 4) is 0 Å². The molecule has 1 N–H and O–H groups in total. The number of rotatable bonds is 6. The van der Waals surface area contributed by atoms with Gasteiger partial charge in [0.15, 0.2) is 9.84 Å². The van der Waals surface area contributed by atoms with Gasteiger partial charge < -0.3 is 5.32 Å². The van der Waals surface area contributed by atoms with Crippen molar-refractivity contribution in [3.05, 3.63) is 65.2 Å². The summed E-state index contributed by atoms with van der Waals surface area (Å²) in [6.07, 6.45) is 1.14. The van der Waals surface area contributed by atoms with Crippen molar-refractivity contribution in [1.82, 2.24) is 5.32 Å². The summed E-state index contributed by atoms with van der Waals surface area (Å²) in [6.45, 7) is 4.74. The van der Waals surface area contributed by atoms with Gasteiger partial charge in [-0.15, -0.1) is 0 Å². The summed E-state index contributed by atoms with van der Waals surface area (Å²) < 4.78 is 23.7. The van der Waals surface area contributed by atoms with Crippen LogP contribution in [0, 0.1) is 0 Å². The molecule has 23 heavy (non-hydrogen) atoms. The van der Waals surface area contributed by atoms with Crippen molar-refractivity contribution < 1.29 is 8.42 Å². The van der Waals surface area contributed by atoms with Crippen molar-refractivity contribution in [3.63, 3.8) is 0 Å². The van der Waals surface area contributed by atoms with E-state index in [4.69, 9.17) is 0 Å². The van der Waals surface area contributed by atoms with Crippen molar-refractivity contribution in [1.29, 1.82) is 0 Å². The molecule has 0 bridgehead atoms. The van der Waals surface area contributed by atoms with Gasteiger partial charge in [-0.3, -0.25) is 0 Å². The fourth-order valence-electron chi connectivity index (χ4n) is 3.11. The van der Waals surface area contributed by atoms with E-state index in [9.17, 15) is 8.42 Å². The average molecular weight is 329 g/mol.